The number of aromatic nitrogens is 2. The van der Waals surface area contributed by atoms with Crippen molar-refractivity contribution in [2.45, 2.75) is 6.54 Å². The molecule has 28 heavy (non-hydrogen) atoms. The highest BCUT2D eigenvalue weighted by molar-refractivity contribution is 5.96. The number of nitrogens with zero attached hydrogens (tertiary/aromatic N) is 2. The van der Waals surface area contributed by atoms with Crippen molar-refractivity contribution < 1.29 is 18.7 Å². The van der Waals surface area contributed by atoms with Gasteiger partial charge in [-0.15, -0.1) is 10.2 Å². The Hall–Kier alpha value is -3.81. The second kappa shape index (κ2) is 8.72. The number of halogens is 1. The normalized spacial score (nSPS) is 10.2. The molecular weight excluding hydrogens is 363 g/mol. The lowest BCUT2D eigenvalue weighted by atomic mass is 10.2. The van der Waals surface area contributed by atoms with Gasteiger partial charge in [-0.05, 0) is 42.0 Å². The summed E-state index contributed by atoms with van der Waals surface area (Å²) in [7, 11) is 1.30. The number of anilines is 2. The lowest BCUT2D eigenvalue weighted by Crippen LogP contribution is -2.24. The Kier molecular flexibility index (Phi) is 5.91. The number of para-hydroxylation sites is 1. The Morgan fingerprint density at radius 1 is 1.00 bits per heavy atom. The first kappa shape index (κ1) is 19.0. The molecule has 2 N–H and O–H groups in total. The third-order valence-corrected chi connectivity index (χ3v) is 3.86. The highest BCUT2D eigenvalue weighted by atomic mass is 19.1. The molecule has 0 fully saturated rings. The smallest absolute Gasteiger partial charge is 0.339 e. The first-order valence-electron chi connectivity index (χ1n) is 8.37. The summed E-state index contributed by atoms with van der Waals surface area (Å²) in [5.74, 6) is -0.851. The van der Waals surface area contributed by atoms with Gasteiger partial charge in [-0.1, -0.05) is 24.3 Å². The van der Waals surface area contributed by atoms with E-state index in [4.69, 9.17) is 4.74 Å². The van der Waals surface area contributed by atoms with Gasteiger partial charge in [0.05, 0.1) is 18.4 Å². The fraction of sp³-hybridized carbons (Fsp3) is 0.100. The number of benzene rings is 2. The molecule has 0 spiro atoms. The van der Waals surface area contributed by atoms with Crippen molar-refractivity contribution in [1.82, 2.24) is 15.5 Å². The summed E-state index contributed by atoms with van der Waals surface area (Å²) < 4.78 is 17.6. The van der Waals surface area contributed by atoms with E-state index in [2.05, 4.69) is 20.8 Å². The molecule has 0 aliphatic rings. The number of hydrogen-bond acceptors (Lipinski definition) is 6. The van der Waals surface area contributed by atoms with Gasteiger partial charge in [0.1, 0.15) is 5.82 Å². The number of ether oxygens (including phenoxy) is 1. The van der Waals surface area contributed by atoms with Crippen molar-refractivity contribution in [3.63, 3.8) is 0 Å². The van der Waals surface area contributed by atoms with Crippen molar-refractivity contribution in [3.8, 4) is 0 Å². The quantitative estimate of drug-likeness (QED) is 0.639. The van der Waals surface area contributed by atoms with Gasteiger partial charge in [0.2, 0.25) is 0 Å². The SMILES string of the molecule is COC(=O)c1ccccc1Nc1ccc(C(=O)NCc2ccc(F)cc2)nn1. The van der Waals surface area contributed by atoms with E-state index in [1.165, 1.54) is 25.3 Å². The van der Waals surface area contributed by atoms with E-state index in [0.29, 0.717) is 17.1 Å². The maximum atomic E-state index is 12.9. The molecule has 8 heteroatoms. The van der Waals surface area contributed by atoms with Crippen LogP contribution in [-0.2, 0) is 11.3 Å². The predicted octanol–water partition coefficient (Wildman–Crippen LogP) is 3.08. The van der Waals surface area contributed by atoms with E-state index in [-0.39, 0.29) is 18.1 Å². The minimum absolute atomic E-state index is 0.133. The Bertz CT molecular complexity index is 976. The second-order valence-corrected chi connectivity index (χ2v) is 5.78. The van der Waals surface area contributed by atoms with E-state index < -0.39 is 11.9 Å². The standard InChI is InChI=1S/C20H17FN4O3/c1-28-20(27)15-4-2-3-5-16(15)23-18-11-10-17(24-25-18)19(26)22-12-13-6-8-14(21)9-7-13/h2-11H,12H2,1H3,(H,22,26)(H,23,25). The molecule has 0 aliphatic carbocycles. The number of hydrogen-bond donors (Lipinski definition) is 2. The van der Waals surface area contributed by atoms with Crippen molar-refractivity contribution in [2.24, 2.45) is 0 Å². The number of rotatable bonds is 6. The van der Waals surface area contributed by atoms with Crippen molar-refractivity contribution in [3.05, 3.63) is 83.3 Å². The van der Waals surface area contributed by atoms with Crippen LogP contribution in [0.2, 0.25) is 0 Å². The van der Waals surface area contributed by atoms with E-state index >= 15 is 0 Å². The highest BCUT2D eigenvalue weighted by Crippen LogP contribution is 2.20. The lowest BCUT2D eigenvalue weighted by molar-refractivity contribution is 0.0601. The third kappa shape index (κ3) is 4.67. The van der Waals surface area contributed by atoms with Crippen LogP contribution in [0.1, 0.15) is 26.4 Å². The fourth-order valence-corrected chi connectivity index (χ4v) is 2.41. The van der Waals surface area contributed by atoms with Gasteiger partial charge in [-0.3, -0.25) is 4.79 Å². The van der Waals surface area contributed by atoms with Crippen LogP contribution in [0.15, 0.2) is 60.7 Å². The second-order valence-electron chi connectivity index (χ2n) is 5.78. The highest BCUT2D eigenvalue weighted by Gasteiger charge is 2.12. The Morgan fingerprint density at radius 3 is 2.43 bits per heavy atom. The summed E-state index contributed by atoms with van der Waals surface area (Å²) in [4.78, 5) is 24.0. The summed E-state index contributed by atoms with van der Waals surface area (Å²) in [6.07, 6.45) is 0. The van der Waals surface area contributed by atoms with E-state index in [1.807, 2.05) is 0 Å². The Morgan fingerprint density at radius 2 is 1.75 bits per heavy atom. The number of esters is 1. The molecule has 0 radical (unpaired) electrons. The lowest BCUT2D eigenvalue weighted by Gasteiger charge is -2.10. The van der Waals surface area contributed by atoms with E-state index in [1.54, 1.807) is 42.5 Å². The molecule has 142 valence electrons. The summed E-state index contributed by atoms with van der Waals surface area (Å²) in [5, 5.41) is 13.5. The number of nitrogens with one attached hydrogen (secondary N) is 2. The molecule has 3 rings (SSSR count). The van der Waals surface area contributed by atoms with Crippen LogP contribution in [-0.4, -0.2) is 29.2 Å². The third-order valence-electron chi connectivity index (χ3n) is 3.86. The molecular formula is C20H17FN4O3. The zero-order chi connectivity index (χ0) is 19.9. The molecule has 0 saturated carbocycles. The van der Waals surface area contributed by atoms with Gasteiger partial charge in [-0.2, -0.15) is 0 Å². The summed E-state index contributed by atoms with van der Waals surface area (Å²) >= 11 is 0. The molecule has 3 aromatic rings. The van der Waals surface area contributed by atoms with Crippen LogP contribution in [0.5, 0.6) is 0 Å². The topological polar surface area (TPSA) is 93.2 Å². The number of methoxy groups -OCH3 is 1. The maximum Gasteiger partial charge on any atom is 0.339 e. The fourth-order valence-electron chi connectivity index (χ4n) is 2.41. The minimum Gasteiger partial charge on any atom is -0.465 e. The van der Waals surface area contributed by atoms with Crippen molar-refractivity contribution >= 4 is 23.4 Å². The van der Waals surface area contributed by atoms with E-state index in [0.717, 1.165) is 5.56 Å². The molecule has 0 unspecified atom stereocenters. The van der Waals surface area contributed by atoms with Gasteiger partial charge in [0.15, 0.2) is 11.5 Å². The predicted molar refractivity (Wildman–Crippen MR) is 101 cm³/mol. The number of amides is 1. The molecule has 1 amide bonds. The van der Waals surface area contributed by atoms with Crippen LogP contribution < -0.4 is 10.6 Å². The van der Waals surface area contributed by atoms with E-state index in [9.17, 15) is 14.0 Å². The first-order valence-corrected chi connectivity index (χ1v) is 8.37. The Labute approximate surface area is 160 Å². The van der Waals surface area contributed by atoms with Crippen LogP contribution in [0.4, 0.5) is 15.9 Å². The Balaban J connectivity index is 1.64. The van der Waals surface area contributed by atoms with Crippen LogP contribution in [0, 0.1) is 5.82 Å². The number of carbonyl (C=O) groups is 2. The summed E-state index contributed by atoms with van der Waals surface area (Å²) in [5.41, 5.74) is 1.76. The van der Waals surface area contributed by atoms with Gasteiger partial charge < -0.3 is 15.4 Å². The molecule has 0 saturated heterocycles. The first-order chi connectivity index (χ1) is 13.6. The van der Waals surface area contributed by atoms with Crippen molar-refractivity contribution in [1.29, 1.82) is 0 Å². The minimum atomic E-state index is -0.479. The average Bonchev–Trinajstić information content (AvgIpc) is 2.73. The summed E-state index contributed by atoms with van der Waals surface area (Å²) in [6.45, 7) is 0.243. The zero-order valence-electron chi connectivity index (χ0n) is 15.0. The van der Waals surface area contributed by atoms with Gasteiger partial charge in [0, 0.05) is 6.54 Å². The van der Waals surface area contributed by atoms with Crippen molar-refractivity contribution in [2.75, 3.05) is 12.4 Å². The molecule has 0 atom stereocenters. The average molecular weight is 380 g/mol. The van der Waals surface area contributed by atoms with Gasteiger partial charge >= 0.3 is 5.97 Å². The molecule has 1 heterocycles. The molecule has 0 aliphatic heterocycles. The number of carbonyl (C=O) groups excluding carboxylic acids is 2. The van der Waals surface area contributed by atoms with Crippen LogP contribution in [0.3, 0.4) is 0 Å². The monoisotopic (exact) mass is 380 g/mol. The summed E-state index contributed by atoms with van der Waals surface area (Å²) in [6, 6.07) is 15.7. The van der Waals surface area contributed by atoms with Crippen LogP contribution in [0.25, 0.3) is 0 Å². The largest absolute Gasteiger partial charge is 0.465 e. The molecule has 0 bridgehead atoms. The maximum absolute atomic E-state index is 12.9. The zero-order valence-corrected chi connectivity index (χ0v) is 15.0. The van der Waals surface area contributed by atoms with Gasteiger partial charge in [0.25, 0.3) is 5.91 Å². The molecule has 1 aromatic heterocycles. The van der Waals surface area contributed by atoms with Crippen LogP contribution >= 0.6 is 0 Å². The molecule has 7 nitrogen and oxygen atoms in total. The molecule has 2 aromatic carbocycles. The van der Waals surface area contributed by atoms with Gasteiger partial charge in [-0.25, -0.2) is 9.18 Å².